The zero-order valence-corrected chi connectivity index (χ0v) is 16.6. The summed E-state index contributed by atoms with van der Waals surface area (Å²) in [5, 5.41) is 0. The Morgan fingerprint density at radius 1 is 1.38 bits per heavy atom. The van der Waals surface area contributed by atoms with Crippen molar-refractivity contribution in [3.63, 3.8) is 0 Å². The molecule has 4 nitrogen and oxygen atoms in total. The fraction of sp³-hybridized carbons (Fsp3) is 0.476. The topological polar surface area (TPSA) is 38.8 Å². The third-order valence-corrected chi connectivity index (χ3v) is 6.21. The van der Waals surface area contributed by atoms with Crippen LogP contribution < -0.4 is 4.74 Å². The van der Waals surface area contributed by atoms with Gasteiger partial charge in [0, 0.05) is 30.1 Å². The van der Waals surface area contributed by atoms with Crippen LogP contribution in [0.15, 0.2) is 30.3 Å². The van der Waals surface area contributed by atoms with E-state index in [0.29, 0.717) is 13.1 Å². The number of carbonyl (C=O) groups is 1. The average molecular weight is 374 g/mol. The van der Waals surface area contributed by atoms with Crippen molar-refractivity contribution < 1.29 is 14.3 Å². The van der Waals surface area contributed by atoms with E-state index in [1.54, 1.807) is 18.4 Å². The Morgan fingerprint density at radius 2 is 2.19 bits per heavy atom. The molecule has 0 N–H and O–H groups in total. The minimum absolute atomic E-state index is 0.0826. The highest BCUT2D eigenvalue weighted by Crippen LogP contribution is 2.27. The number of thiophene rings is 1. The number of rotatable bonds is 7. The predicted octanol–water partition coefficient (Wildman–Crippen LogP) is 4.45. The highest BCUT2D eigenvalue weighted by Gasteiger charge is 2.25. The molecule has 5 heteroatoms. The van der Waals surface area contributed by atoms with Crippen molar-refractivity contribution in [3.8, 4) is 5.75 Å². The maximum absolute atomic E-state index is 13.3. The van der Waals surface area contributed by atoms with E-state index in [4.69, 9.17) is 9.47 Å². The van der Waals surface area contributed by atoms with E-state index in [1.807, 2.05) is 35.2 Å². The maximum atomic E-state index is 13.3. The van der Waals surface area contributed by atoms with Crippen molar-refractivity contribution in [2.75, 3.05) is 20.3 Å². The molecule has 0 radical (unpaired) electrons. The molecular formula is C21H27NO3S. The molecule has 0 aliphatic carbocycles. The smallest absolute Gasteiger partial charge is 0.264 e. The Morgan fingerprint density at radius 3 is 2.85 bits per heavy atom. The molecule has 1 atom stereocenters. The van der Waals surface area contributed by atoms with Gasteiger partial charge in [0.15, 0.2) is 0 Å². The quantitative estimate of drug-likeness (QED) is 0.720. The lowest BCUT2D eigenvalue weighted by atomic mass is 10.1. The molecular weight excluding hydrogens is 346 g/mol. The van der Waals surface area contributed by atoms with Crippen LogP contribution in [0.3, 0.4) is 0 Å². The van der Waals surface area contributed by atoms with Crippen LogP contribution in [0.5, 0.6) is 5.75 Å². The van der Waals surface area contributed by atoms with Gasteiger partial charge in [0.25, 0.3) is 5.91 Å². The van der Waals surface area contributed by atoms with Crippen molar-refractivity contribution in [1.29, 1.82) is 0 Å². The molecule has 0 bridgehead atoms. The third kappa shape index (κ3) is 4.27. The lowest BCUT2D eigenvalue weighted by molar-refractivity contribution is 0.0509. The summed E-state index contributed by atoms with van der Waals surface area (Å²) in [6.07, 6.45) is 3.17. The van der Waals surface area contributed by atoms with Crippen LogP contribution in [0.2, 0.25) is 0 Å². The van der Waals surface area contributed by atoms with Crippen LogP contribution >= 0.6 is 11.3 Å². The highest BCUT2D eigenvalue weighted by atomic mass is 32.1. The maximum Gasteiger partial charge on any atom is 0.264 e. The van der Waals surface area contributed by atoms with Gasteiger partial charge in [0.2, 0.25) is 0 Å². The number of carbonyl (C=O) groups excluding carboxylic acids is 1. The van der Waals surface area contributed by atoms with Crippen molar-refractivity contribution in [3.05, 3.63) is 51.2 Å². The first-order valence-electron chi connectivity index (χ1n) is 9.24. The monoisotopic (exact) mass is 373 g/mol. The van der Waals surface area contributed by atoms with Gasteiger partial charge in [-0.2, -0.15) is 0 Å². The van der Waals surface area contributed by atoms with Crippen LogP contribution in [0, 0.1) is 6.92 Å². The zero-order chi connectivity index (χ0) is 18.5. The molecule has 1 fully saturated rings. The van der Waals surface area contributed by atoms with Gasteiger partial charge in [-0.3, -0.25) is 4.79 Å². The van der Waals surface area contributed by atoms with Crippen LogP contribution in [-0.4, -0.2) is 37.2 Å². The number of benzene rings is 1. The number of nitrogens with zero attached hydrogens (tertiary/aromatic N) is 1. The summed E-state index contributed by atoms with van der Waals surface area (Å²) in [5.74, 6) is 0.897. The van der Waals surface area contributed by atoms with E-state index in [9.17, 15) is 4.79 Å². The van der Waals surface area contributed by atoms with E-state index < -0.39 is 0 Å². The van der Waals surface area contributed by atoms with Crippen molar-refractivity contribution >= 4 is 17.2 Å². The summed E-state index contributed by atoms with van der Waals surface area (Å²) in [7, 11) is 1.67. The summed E-state index contributed by atoms with van der Waals surface area (Å²) < 4.78 is 11.3. The lowest BCUT2D eigenvalue weighted by Gasteiger charge is -2.26. The van der Waals surface area contributed by atoms with Crippen molar-refractivity contribution in [1.82, 2.24) is 4.90 Å². The largest absolute Gasteiger partial charge is 0.496 e. The van der Waals surface area contributed by atoms with Gasteiger partial charge in [-0.25, -0.2) is 0 Å². The Kier molecular flexibility index (Phi) is 6.33. The highest BCUT2D eigenvalue weighted by molar-refractivity contribution is 7.14. The number of amides is 1. The molecule has 1 unspecified atom stereocenters. The molecule has 1 aliphatic rings. The van der Waals surface area contributed by atoms with Crippen LogP contribution in [0.1, 0.15) is 45.4 Å². The zero-order valence-electron chi connectivity index (χ0n) is 15.8. The molecule has 1 saturated heterocycles. The molecule has 1 aromatic carbocycles. The van der Waals surface area contributed by atoms with Crippen molar-refractivity contribution in [2.45, 2.75) is 45.8 Å². The van der Waals surface area contributed by atoms with E-state index in [0.717, 1.165) is 42.1 Å². The molecule has 1 aliphatic heterocycles. The van der Waals surface area contributed by atoms with Gasteiger partial charge in [0.05, 0.1) is 18.1 Å². The van der Waals surface area contributed by atoms with E-state index in [2.05, 4.69) is 13.8 Å². The number of aryl methyl sites for hydroxylation is 2. The number of methoxy groups -OCH3 is 1. The van der Waals surface area contributed by atoms with Gasteiger partial charge in [-0.05, 0) is 43.9 Å². The minimum Gasteiger partial charge on any atom is -0.496 e. The molecule has 2 aromatic rings. The SMILES string of the molecule is CCc1sc(C(=O)N(Cc2ccccc2OC)CC2CCCO2)cc1C. The van der Waals surface area contributed by atoms with Gasteiger partial charge in [-0.1, -0.05) is 25.1 Å². The molecule has 0 saturated carbocycles. The molecule has 26 heavy (non-hydrogen) atoms. The second-order valence-corrected chi connectivity index (χ2v) is 7.84. The molecule has 2 heterocycles. The molecule has 140 valence electrons. The third-order valence-electron chi connectivity index (χ3n) is 4.84. The normalized spacial score (nSPS) is 16.7. The first-order valence-corrected chi connectivity index (χ1v) is 10.1. The Balaban J connectivity index is 1.85. The minimum atomic E-state index is 0.0826. The fourth-order valence-corrected chi connectivity index (χ4v) is 4.51. The predicted molar refractivity (Wildman–Crippen MR) is 105 cm³/mol. The van der Waals surface area contributed by atoms with Gasteiger partial charge < -0.3 is 14.4 Å². The number of hydrogen-bond acceptors (Lipinski definition) is 4. The number of hydrogen-bond donors (Lipinski definition) is 0. The first-order chi connectivity index (χ1) is 12.6. The van der Waals surface area contributed by atoms with Crippen molar-refractivity contribution in [2.24, 2.45) is 0 Å². The fourth-order valence-electron chi connectivity index (χ4n) is 3.42. The van der Waals surface area contributed by atoms with Crippen LogP contribution in [-0.2, 0) is 17.7 Å². The van der Waals surface area contributed by atoms with Crippen LogP contribution in [0.25, 0.3) is 0 Å². The summed E-state index contributed by atoms with van der Waals surface area (Å²) in [6, 6.07) is 9.92. The average Bonchev–Trinajstić information content (AvgIpc) is 3.30. The number of ether oxygens (including phenoxy) is 2. The van der Waals surface area contributed by atoms with E-state index in [1.165, 1.54) is 10.4 Å². The standard InChI is InChI=1S/C21H27NO3S/c1-4-19-15(2)12-20(26-19)21(23)22(14-17-9-7-11-25-17)13-16-8-5-6-10-18(16)24-3/h5-6,8,10,12,17H,4,7,9,11,13-14H2,1-3H3. The first kappa shape index (κ1) is 18.9. The summed E-state index contributed by atoms with van der Waals surface area (Å²) in [6.45, 7) is 6.15. The van der Waals surface area contributed by atoms with E-state index >= 15 is 0 Å². The second kappa shape index (κ2) is 8.69. The Hall–Kier alpha value is -1.85. The van der Waals surface area contributed by atoms with Gasteiger partial charge in [0.1, 0.15) is 5.75 Å². The molecule has 0 spiro atoms. The van der Waals surface area contributed by atoms with Gasteiger partial charge in [-0.15, -0.1) is 11.3 Å². The Labute approximate surface area is 159 Å². The van der Waals surface area contributed by atoms with E-state index in [-0.39, 0.29) is 12.0 Å². The lowest BCUT2D eigenvalue weighted by Crippen LogP contribution is -2.36. The summed E-state index contributed by atoms with van der Waals surface area (Å²) in [4.78, 5) is 17.3. The summed E-state index contributed by atoms with van der Waals surface area (Å²) in [5.41, 5.74) is 2.22. The summed E-state index contributed by atoms with van der Waals surface area (Å²) >= 11 is 1.61. The molecule has 1 aromatic heterocycles. The molecule has 1 amide bonds. The Bertz CT molecular complexity index is 749. The second-order valence-electron chi connectivity index (χ2n) is 6.70. The van der Waals surface area contributed by atoms with Gasteiger partial charge >= 0.3 is 0 Å². The molecule has 3 rings (SSSR count). The van der Waals surface area contributed by atoms with Crippen LogP contribution in [0.4, 0.5) is 0 Å². The number of para-hydroxylation sites is 1.